The van der Waals surface area contributed by atoms with E-state index in [4.69, 9.17) is 4.84 Å². The van der Waals surface area contributed by atoms with Crippen LogP contribution in [0.5, 0.6) is 0 Å². The summed E-state index contributed by atoms with van der Waals surface area (Å²) in [5.74, 6) is 0. The first-order valence-corrected chi connectivity index (χ1v) is 3.31. The van der Waals surface area contributed by atoms with Gasteiger partial charge in [0, 0.05) is 16.9 Å². The third-order valence-corrected chi connectivity index (χ3v) is 0.899. The van der Waals surface area contributed by atoms with Gasteiger partial charge in [0.15, 0.2) is 0 Å². The van der Waals surface area contributed by atoms with Crippen molar-refractivity contribution in [1.82, 2.24) is 0 Å². The molecule has 7 heteroatoms. The van der Waals surface area contributed by atoms with Crippen molar-refractivity contribution < 1.29 is 26.8 Å². The number of pyridine rings is 1. The Morgan fingerprint density at radius 1 is 1.00 bits per heavy atom. The molecule has 0 N–H and O–H groups in total. The number of nitrogens with zero attached hydrogens (tertiary/aromatic N) is 1. The van der Waals surface area contributed by atoms with E-state index in [-0.39, 0.29) is 0 Å². The van der Waals surface area contributed by atoms with E-state index < -0.39 is 7.25 Å². The zero-order valence-corrected chi connectivity index (χ0v) is 6.83. The molecular formula is C6H8BF4NO. The van der Waals surface area contributed by atoms with E-state index in [0.29, 0.717) is 0 Å². The van der Waals surface area contributed by atoms with Crippen molar-refractivity contribution in [3.8, 4) is 0 Å². The van der Waals surface area contributed by atoms with Crippen LogP contribution >= 0.6 is 0 Å². The molecule has 0 aromatic carbocycles. The smallest absolute Gasteiger partial charge is 0.418 e. The molecule has 2 nitrogen and oxygen atoms in total. The minimum atomic E-state index is -6.00. The summed E-state index contributed by atoms with van der Waals surface area (Å²) < 4.78 is 40.6. The van der Waals surface area contributed by atoms with Crippen LogP contribution in [-0.4, -0.2) is 14.4 Å². The van der Waals surface area contributed by atoms with Gasteiger partial charge in [-0.15, -0.1) is 0 Å². The summed E-state index contributed by atoms with van der Waals surface area (Å²) in [6.45, 7) is 0. The second-order valence-electron chi connectivity index (χ2n) is 1.91. The number of rotatable bonds is 1. The first kappa shape index (κ1) is 11.7. The van der Waals surface area contributed by atoms with Crippen LogP contribution < -0.4 is 9.57 Å². The summed E-state index contributed by atoms with van der Waals surface area (Å²) in [7, 11) is -4.38. The maximum Gasteiger partial charge on any atom is 0.673 e. The topological polar surface area (TPSA) is 13.1 Å². The quantitative estimate of drug-likeness (QED) is 0.376. The van der Waals surface area contributed by atoms with Gasteiger partial charge in [-0.1, -0.05) is 6.07 Å². The van der Waals surface area contributed by atoms with E-state index in [9.17, 15) is 17.3 Å². The average Bonchev–Trinajstić information content (AvgIpc) is 2.03. The molecular weight excluding hydrogens is 189 g/mol. The molecule has 0 aliphatic carbocycles. The molecule has 1 rings (SSSR count). The van der Waals surface area contributed by atoms with Crippen LogP contribution in [0, 0.1) is 0 Å². The predicted molar refractivity (Wildman–Crippen MR) is 39.3 cm³/mol. The van der Waals surface area contributed by atoms with Gasteiger partial charge in [0.1, 0.15) is 7.11 Å². The van der Waals surface area contributed by atoms with Crippen LogP contribution in [0.1, 0.15) is 0 Å². The minimum absolute atomic E-state index is 1.62. The van der Waals surface area contributed by atoms with Gasteiger partial charge in [-0.25, -0.2) is 0 Å². The largest absolute Gasteiger partial charge is 0.673 e. The number of hydrogen-bond acceptors (Lipinski definition) is 1. The Balaban J connectivity index is 0.000000252. The molecule has 0 aliphatic rings. The molecule has 0 fully saturated rings. The molecule has 0 atom stereocenters. The third kappa shape index (κ3) is 10.7. The zero-order chi connectivity index (χ0) is 10.3. The first-order chi connectivity index (χ1) is 5.93. The second-order valence-corrected chi connectivity index (χ2v) is 1.91. The maximum atomic E-state index is 9.75. The Bertz CT molecular complexity index is 222. The van der Waals surface area contributed by atoms with Crippen molar-refractivity contribution in [3.63, 3.8) is 0 Å². The highest BCUT2D eigenvalue weighted by Crippen LogP contribution is 2.06. The summed E-state index contributed by atoms with van der Waals surface area (Å²) in [5.41, 5.74) is 0. The van der Waals surface area contributed by atoms with Crippen LogP contribution in [0.3, 0.4) is 0 Å². The Hall–Kier alpha value is -1.27. The second kappa shape index (κ2) is 5.39. The molecule has 0 amide bonds. The standard InChI is InChI=1S/C6H8NO.BF4/c1-8-7-5-3-2-4-6-7;2-1(3,4)5/h2-6H,1H3;/q+1;-1. The molecule has 74 valence electrons. The van der Waals surface area contributed by atoms with Crippen LogP contribution in [-0.2, 0) is 0 Å². The Morgan fingerprint density at radius 2 is 1.38 bits per heavy atom. The van der Waals surface area contributed by atoms with Crippen LogP contribution in [0.2, 0.25) is 0 Å². The summed E-state index contributed by atoms with van der Waals surface area (Å²) in [6.07, 6.45) is 3.67. The van der Waals surface area contributed by atoms with Gasteiger partial charge >= 0.3 is 7.25 Å². The highest BCUT2D eigenvalue weighted by Gasteiger charge is 2.20. The monoisotopic (exact) mass is 197 g/mol. The summed E-state index contributed by atoms with van der Waals surface area (Å²) in [5, 5.41) is 0. The van der Waals surface area contributed by atoms with Gasteiger partial charge in [-0.05, 0) is 0 Å². The lowest BCUT2D eigenvalue weighted by Gasteiger charge is -1.94. The van der Waals surface area contributed by atoms with Crippen molar-refractivity contribution in [2.45, 2.75) is 0 Å². The van der Waals surface area contributed by atoms with E-state index in [0.717, 1.165) is 0 Å². The Kier molecular flexibility index (Phi) is 4.87. The molecule has 1 aromatic rings. The van der Waals surface area contributed by atoms with Crippen LogP contribution in [0.15, 0.2) is 30.6 Å². The van der Waals surface area contributed by atoms with E-state index in [1.54, 1.807) is 11.8 Å². The van der Waals surface area contributed by atoms with Gasteiger partial charge in [0.2, 0.25) is 12.4 Å². The molecule has 0 saturated carbocycles. The molecule has 0 radical (unpaired) electrons. The lowest BCUT2D eigenvalue weighted by molar-refractivity contribution is -0.885. The van der Waals surface area contributed by atoms with Crippen molar-refractivity contribution in [3.05, 3.63) is 30.6 Å². The van der Waals surface area contributed by atoms with Crippen molar-refractivity contribution in [2.24, 2.45) is 0 Å². The van der Waals surface area contributed by atoms with Gasteiger partial charge in [0.25, 0.3) is 0 Å². The maximum absolute atomic E-state index is 9.75. The van der Waals surface area contributed by atoms with Gasteiger partial charge in [0.05, 0.1) is 0 Å². The van der Waals surface area contributed by atoms with Gasteiger partial charge < -0.3 is 17.3 Å². The van der Waals surface area contributed by atoms with Crippen LogP contribution in [0.4, 0.5) is 17.3 Å². The fourth-order valence-electron chi connectivity index (χ4n) is 0.505. The molecule has 13 heavy (non-hydrogen) atoms. The van der Waals surface area contributed by atoms with Crippen molar-refractivity contribution >= 4 is 7.25 Å². The summed E-state index contributed by atoms with van der Waals surface area (Å²) >= 11 is 0. The van der Waals surface area contributed by atoms with E-state index in [1.165, 1.54) is 0 Å². The van der Waals surface area contributed by atoms with Crippen LogP contribution in [0.25, 0.3) is 0 Å². The Morgan fingerprint density at radius 3 is 1.62 bits per heavy atom. The number of hydrogen-bond donors (Lipinski definition) is 0. The number of halogens is 4. The fourth-order valence-corrected chi connectivity index (χ4v) is 0.505. The van der Waals surface area contributed by atoms with E-state index >= 15 is 0 Å². The molecule has 0 spiro atoms. The minimum Gasteiger partial charge on any atom is -0.418 e. The van der Waals surface area contributed by atoms with Gasteiger partial charge in [-0.3, -0.25) is 4.84 Å². The third-order valence-electron chi connectivity index (χ3n) is 0.899. The van der Waals surface area contributed by atoms with E-state index in [1.807, 2.05) is 30.6 Å². The SMILES string of the molecule is CO[n+]1ccccc1.F[B-](F)(F)F. The molecule has 0 saturated heterocycles. The molecule has 1 aromatic heterocycles. The van der Waals surface area contributed by atoms with Crippen molar-refractivity contribution in [2.75, 3.05) is 7.11 Å². The fraction of sp³-hybridized carbons (Fsp3) is 0.167. The first-order valence-electron chi connectivity index (χ1n) is 3.31. The summed E-state index contributed by atoms with van der Waals surface area (Å²) in [6, 6.07) is 5.75. The molecule has 0 unspecified atom stereocenters. The number of aromatic nitrogens is 1. The van der Waals surface area contributed by atoms with Crippen molar-refractivity contribution in [1.29, 1.82) is 0 Å². The lowest BCUT2D eigenvalue weighted by Crippen LogP contribution is -2.38. The average molecular weight is 197 g/mol. The highest BCUT2D eigenvalue weighted by molar-refractivity contribution is 6.50. The highest BCUT2D eigenvalue weighted by atomic mass is 19.5. The lowest BCUT2D eigenvalue weighted by atomic mass is 10.3. The predicted octanol–water partition coefficient (Wildman–Crippen LogP) is 1.33. The Labute approximate surface area is 72.8 Å². The van der Waals surface area contributed by atoms with E-state index in [2.05, 4.69) is 0 Å². The molecule has 0 aliphatic heterocycles. The molecule has 0 bridgehead atoms. The summed E-state index contributed by atoms with van der Waals surface area (Å²) in [4.78, 5) is 4.83. The van der Waals surface area contributed by atoms with Gasteiger partial charge in [-0.2, -0.15) is 0 Å². The zero-order valence-electron chi connectivity index (χ0n) is 6.83. The molecule has 1 heterocycles. The normalized spacial score (nSPS) is 9.92.